The largest absolute Gasteiger partial charge is 0.481 e. The second kappa shape index (κ2) is 11.2. The summed E-state index contributed by atoms with van der Waals surface area (Å²) in [6, 6.07) is 22.1. The van der Waals surface area contributed by atoms with E-state index in [0.717, 1.165) is 41.0 Å². The number of benzene rings is 3. The number of halogens is 1. The second-order valence-corrected chi connectivity index (χ2v) is 9.52. The quantitative estimate of drug-likeness (QED) is 0.394. The normalized spacial score (nSPS) is 13.4. The van der Waals surface area contributed by atoms with E-state index in [1.54, 1.807) is 0 Å². The number of sulfonamides is 1. The van der Waals surface area contributed by atoms with Crippen molar-refractivity contribution < 1.29 is 27.8 Å². The Kier molecular flexibility index (Phi) is 8.32. The van der Waals surface area contributed by atoms with Gasteiger partial charge in [0.25, 0.3) is 0 Å². The van der Waals surface area contributed by atoms with E-state index in [9.17, 15) is 27.8 Å². The molecule has 0 saturated carbocycles. The minimum Gasteiger partial charge on any atom is -0.481 e. The van der Waals surface area contributed by atoms with Gasteiger partial charge in [0.05, 0.1) is 16.9 Å². The Morgan fingerprint density at radius 1 is 0.879 bits per heavy atom. The van der Waals surface area contributed by atoms with Crippen LogP contribution in [0.25, 0.3) is 11.1 Å². The summed E-state index contributed by atoms with van der Waals surface area (Å²) < 4.78 is 39.8. The van der Waals surface area contributed by atoms with E-state index in [0.29, 0.717) is 6.42 Å². The maximum Gasteiger partial charge on any atom is 0.309 e. The first-order valence-electron chi connectivity index (χ1n) is 10.6. The lowest BCUT2D eigenvalue weighted by atomic mass is 9.93. The zero-order chi connectivity index (χ0) is 23.8. The van der Waals surface area contributed by atoms with Gasteiger partial charge in [0.1, 0.15) is 5.82 Å². The van der Waals surface area contributed by atoms with Crippen molar-refractivity contribution in [3.8, 4) is 11.1 Å². The molecule has 2 atom stereocenters. The van der Waals surface area contributed by atoms with E-state index >= 15 is 0 Å². The summed E-state index contributed by atoms with van der Waals surface area (Å²) in [5.74, 6) is -2.87. The molecule has 0 spiro atoms. The molecular weight excluding hydrogens is 445 g/mol. The summed E-state index contributed by atoms with van der Waals surface area (Å²) in [6.45, 7) is -0.167. The van der Waals surface area contributed by atoms with Crippen molar-refractivity contribution in [3.05, 3.63) is 90.2 Å². The fourth-order valence-corrected chi connectivity index (χ4v) is 4.58. The molecule has 0 heterocycles. The van der Waals surface area contributed by atoms with Gasteiger partial charge in [-0.25, -0.2) is 17.5 Å². The second-order valence-electron chi connectivity index (χ2n) is 7.75. The highest BCUT2D eigenvalue weighted by molar-refractivity contribution is 7.89. The van der Waals surface area contributed by atoms with Gasteiger partial charge < -0.3 is 10.2 Å². The van der Waals surface area contributed by atoms with Gasteiger partial charge in [-0.2, -0.15) is 0 Å². The number of hydrogen-bond donors (Lipinski definition) is 3. The Morgan fingerprint density at radius 2 is 1.48 bits per heavy atom. The molecule has 0 aliphatic heterocycles. The summed E-state index contributed by atoms with van der Waals surface area (Å²) in [5, 5.41) is 20.0. The molecule has 2 unspecified atom stereocenters. The Bertz CT molecular complexity index is 1150. The van der Waals surface area contributed by atoms with E-state index in [4.69, 9.17) is 0 Å². The molecule has 0 bridgehead atoms. The maximum atomic E-state index is 13.0. The highest BCUT2D eigenvalue weighted by Gasteiger charge is 2.27. The van der Waals surface area contributed by atoms with Gasteiger partial charge in [0.15, 0.2) is 0 Å². The Morgan fingerprint density at radius 3 is 2.09 bits per heavy atom. The number of carboxylic acids is 1. The SMILES string of the molecule is O=C(O)C(CCNS(=O)(=O)c1ccc(F)cc1)C(O)CCc1ccc(-c2ccccc2)cc1. The van der Waals surface area contributed by atoms with Crippen LogP contribution in [0.1, 0.15) is 18.4 Å². The Hall–Kier alpha value is -3.07. The minimum atomic E-state index is -3.90. The summed E-state index contributed by atoms with van der Waals surface area (Å²) in [7, 11) is -3.90. The molecule has 0 radical (unpaired) electrons. The van der Waals surface area contributed by atoms with Gasteiger partial charge in [0, 0.05) is 6.54 Å². The Labute approximate surface area is 192 Å². The van der Waals surface area contributed by atoms with E-state index in [1.807, 2.05) is 54.6 Å². The number of aliphatic hydroxyl groups is 1. The van der Waals surface area contributed by atoms with Crippen LogP contribution < -0.4 is 4.72 Å². The fourth-order valence-electron chi connectivity index (χ4n) is 3.54. The molecule has 0 aliphatic carbocycles. The monoisotopic (exact) mass is 471 g/mol. The van der Waals surface area contributed by atoms with Crippen LogP contribution in [0.15, 0.2) is 83.8 Å². The molecule has 0 amide bonds. The van der Waals surface area contributed by atoms with Crippen LogP contribution >= 0.6 is 0 Å². The third-order valence-electron chi connectivity index (χ3n) is 5.44. The molecule has 3 rings (SSSR count). The smallest absolute Gasteiger partial charge is 0.309 e. The van der Waals surface area contributed by atoms with Crippen molar-refractivity contribution in [2.24, 2.45) is 5.92 Å². The van der Waals surface area contributed by atoms with Gasteiger partial charge in [-0.3, -0.25) is 4.79 Å². The summed E-state index contributed by atoms with van der Waals surface area (Å²) >= 11 is 0. The summed E-state index contributed by atoms with van der Waals surface area (Å²) in [4.78, 5) is 11.5. The molecule has 174 valence electrons. The topological polar surface area (TPSA) is 104 Å². The number of aliphatic carboxylic acids is 1. The van der Waals surface area contributed by atoms with Gasteiger partial charge >= 0.3 is 5.97 Å². The Balaban J connectivity index is 1.53. The van der Waals surface area contributed by atoms with Crippen LogP contribution in [0, 0.1) is 11.7 Å². The summed E-state index contributed by atoms with van der Waals surface area (Å²) in [5.41, 5.74) is 3.13. The molecule has 0 fully saturated rings. The van der Waals surface area contributed by atoms with Crippen molar-refractivity contribution in [1.29, 1.82) is 0 Å². The van der Waals surface area contributed by atoms with Crippen LogP contribution in [0.4, 0.5) is 4.39 Å². The van der Waals surface area contributed by atoms with Crippen LogP contribution in [-0.2, 0) is 21.2 Å². The molecular formula is C25H26FNO5S. The summed E-state index contributed by atoms with van der Waals surface area (Å²) in [6.07, 6.45) is -0.496. The number of carbonyl (C=O) groups is 1. The first-order valence-corrected chi connectivity index (χ1v) is 12.0. The van der Waals surface area contributed by atoms with Crippen LogP contribution in [0.3, 0.4) is 0 Å². The third kappa shape index (κ3) is 6.95. The van der Waals surface area contributed by atoms with E-state index < -0.39 is 33.8 Å². The number of hydrogen-bond acceptors (Lipinski definition) is 4. The third-order valence-corrected chi connectivity index (χ3v) is 6.92. The highest BCUT2D eigenvalue weighted by Crippen LogP contribution is 2.21. The first kappa shape index (κ1) is 24.6. The molecule has 3 aromatic rings. The molecule has 0 aromatic heterocycles. The average Bonchev–Trinajstić information content (AvgIpc) is 2.81. The molecule has 6 nitrogen and oxygen atoms in total. The zero-order valence-electron chi connectivity index (χ0n) is 17.9. The lowest BCUT2D eigenvalue weighted by Gasteiger charge is -2.19. The molecule has 33 heavy (non-hydrogen) atoms. The predicted octanol–water partition coefficient (Wildman–Crippen LogP) is 3.86. The molecule has 0 aliphatic rings. The molecule has 8 heteroatoms. The van der Waals surface area contributed by atoms with Gasteiger partial charge in [-0.05, 0) is 60.2 Å². The number of nitrogens with one attached hydrogen (secondary N) is 1. The van der Waals surface area contributed by atoms with Gasteiger partial charge in [-0.15, -0.1) is 0 Å². The van der Waals surface area contributed by atoms with Crippen molar-refractivity contribution in [1.82, 2.24) is 4.72 Å². The molecule has 3 aromatic carbocycles. The van der Waals surface area contributed by atoms with Crippen molar-refractivity contribution in [3.63, 3.8) is 0 Å². The van der Waals surface area contributed by atoms with E-state index in [-0.39, 0.29) is 24.3 Å². The number of rotatable bonds is 11. The van der Waals surface area contributed by atoms with Crippen LogP contribution in [0.5, 0.6) is 0 Å². The maximum absolute atomic E-state index is 13.0. The molecule has 0 saturated heterocycles. The lowest BCUT2D eigenvalue weighted by molar-refractivity contribution is -0.146. The van der Waals surface area contributed by atoms with E-state index in [1.165, 1.54) is 0 Å². The van der Waals surface area contributed by atoms with Crippen LogP contribution in [-0.4, -0.2) is 37.2 Å². The highest BCUT2D eigenvalue weighted by atomic mass is 32.2. The number of aliphatic hydroxyl groups excluding tert-OH is 1. The standard InChI is InChI=1S/C25H26FNO5S/c26-21-11-13-22(14-12-21)33(31,32)27-17-16-23(25(29)30)24(28)15-8-18-6-9-20(10-7-18)19-4-2-1-3-5-19/h1-7,9-14,23-24,27-28H,8,15-17H2,(H,29,30). The van der Waals surface area contributed by atoms with Crippen molar-refractivity contribution in [2.75, 3.05) is 6.54 Å². The van der Waals surface area contributed by atoms with Crippen molar-refractivity contribution in [2.45, 2.75) is 30.3 Å². The molecule has 3 N–H and O–H groups in total. The minimum absolute atomic E-state index is 0.0795. The first-order chi connectivity index (χ1) is 15.8. The fraction of sp³-hybridized carbons (Fsp3) is 0.240. The van der Waals surface area contributed by atoms with E-state index in [2.05, 4.69) is 4.72 Å². The number of carboxylic acid groups (broad SMARTS) is 1. The van der Waals surface area contributed by atoms with Crippen molar-refractivity contribution >= 4 is 16.0 Å². The lowest BCUT2D eigenvalue weighted by Crippen LogP contribution is -2.33. The van der Waals surface area contributed by atoms with Gasteiger partial charge in [-0.1, -0.05) is 54.6 Å². The van der Waals surface area contributed by atoms with Gasteiger partial charge in [0.2, 0.25) is 10.0 Å². The average molecular weight is 472 g/mol. The van der Waals surface area contributed by atoms with Crippen LogP contribution in [0.2, 0.25) is 0 Å². The predicted molar refractivity (Wildman–Crippen MR) is 124 cm³/mol. The zero-order valence-corrected chi connectivity index (χ0v) is 18.7. The number of aryl methyl sites for hydroxylation is 1.